The quantitative estimate of drug-likeness (QED) is 0.918. The summed E-state index contributed by atoms with van der Waals surface area (Å²) in [7, 11) is 0. The van der Waals surface area contributed by atoms with E-state index in [-0.39, 0.29) is 6.61 Å². The first-order valence-corrected chi connectivity index (χ1v) is 5.69. The molecule has 0 saturated heterocycles. The van der Waals surface area contributed by atoms with E-state index >= 15 is 0 Å². The molecule has 0 bridgehead atoms. The molecule has 5 heteroatoms. The number of benzene rings is 1. The molecule has 1 aromatic heterocycles. The van der Waals surface area contributed by atoms with Gasteiger partial charge >= 0.3 is 0 Å². The van der Waals surface area contributed by atoms with E-state index in [1.165, 1.54) is 5.56 Å². The summed E-state index contributed by atoms with van der Waals surface area (Å²) < 4.78 is 2.76. The van der Waals surface area contributed by atoms with Crippen LogP contribution in [0.1, 0.15) is 17.0 Å². The molecule has 0 amide bonds. The van der Waals surface area contributed by atoms with Crippen LogP contribution < -0.4 is 0 Å². The Bertz CT molecular complexity index is 499. The molecule has 2 aromatic rings. The number of aliphatic hydroxyl groups is 1. The second-order valence-corrected chi connectivity index (χ2v) is 4.54. The molecule has 0 aliphatic carbocycles. The van der Waals surface area contributed by atoms with Gasteiger partial charge in [-0.05, 0) is 47.0 Å². The lowest BCUT2D eigenvalue weighted by Crippen LogP contribution is -2.03. The minimum absolute atomic E-state index is 0.125. The highest BCUT2D eigenvalue weighted by Gasteiger charge is 2.11. The zero-order valence-electron chi connectivity index (χ0n) is 9.11. The predicted molar refractivity (Wildman–Crippen MR) is 64.5 cm³/mol. The third-order valence-corrected chi connectivity index (χ3v) is 3.00. The van der Waals surface area contributed by atoms with Gasteiger partial charge in [0.1, 0.15) is 12.9 Å². The van der Waals surface area contributed by atoms with E-state index in [1.807, 2.05) is 19.9 Å². The molecular formula is C11H12BrN3O. The molecule has 4 nitrogen and oxygen atoms in total. The fourth-order valence-corrected chi connectivity index (χ4v) is 2.63. The average Bonchev–Trinajstić information content (AvgIpc) is 2.64. The van der Waals surface area contributed by atoms with Gasteiger partial charge in [0.15, 0.2) is 5.82 Å². The standard InChI is InChI=1S/C11H12BrN3O/c1-7-3-8(2)11(9(12)4-7)15-6-13-14-10(15)5-16/h3-4,6,16H,5H2,1-2H3. The molecule has 16 heavy (non-hydrogen) atoms. The molecule has 0 aliphatic heterocycles. The van der Waals surface area contributed by atoms with Crippen LogP contribution >= 0.6 is 15.9 Å². The van der Waals surface area contributed by atoms with Gasteiger partial charge in [-0.2, -0.15) is 0 Å². The molecule has 0 atom stereocenters. The van der Waals surface area contributed by atoms with Gasteiger partial charge in [-0.1, -0.05) is 6.07 Å². The monoisotopic (exact) mass is 281 g/mol. The first-order chi connectivity index (χ1) is 7.63. The fourth-order valence-electron chi connectivity index (χ4n) is 1.77. The van der Waals surface area contributed by atoms with E-state index in [2.05, 4.69) is 32.2 Å². The molecule has 1 aromatic carbocycles. The molecule has 2 rings (SSSR count). The van der Waals surface area contributed by atoms with Crippen LogP contribution in [-0.4, -0.2) is 19.9 Å². The summed E-state index contributed by atoms with van der Waals surface area (Å²) in [6.07, 6.45) is 1.61. The summed E-state index contributed by atoms with van der Waals surface area (Å²) in [5.74, 6) is 0.535. The highest BCUT2D eigenvalue weighted by Crippen LogP contribution is 2.26. The molecule has 84 valence electrons. The van der Waals surface area contributed by atoms with Crippen LogP contribution in [0.5, 0.6) is 0 Å². The molecule has 0 fully saturated rings. The molecule has 1 N–H and O–H groups in total. The van der Waals surface area contributed by atoms with Crippen LogP contribution in [0, 0.1) is 13.8 Å². The maximum atomic E-state index is 9.17. The Balaban J connectivity index is 2.64. The first-order valence-electron chi connectivity index (χ1n) is 4.90. The number of rotatable bonds is 2. The van der Waals surface area contributed by atoms with Crippen molar-refractivity contribution in [2.75, 3.05) is 0 Å². The van der Waals surface area contributed by atoms with Crippen LogP contribution in [0.3, 0.4) is 0 Å². The van der Waals surface area contributed by atoms with Crippen molar-refractivity contribution in [3.8, 4) is 5.69 Å². The maximum Gasteiger partial charge on any atom is 0.163 e. The number of aryl methyl sites for hydroxylation is 2. The Labute approximate surface area is 102 Å². The smallest absolute Gasteiger partial charge is 0.163 e. The number of hydrogen-bond donors (Lipinski definition) is 1. The van der Waals surface area contributed by atoms with Crippen molar-refractivity contribution in [1.29, 1.82) is 0 Å². The average molecular weight is 282 g/mol. The van der Waals surface area contributed by atoms with Crippen LogP contribution in [0.4, 0.5) is 0 Å². The predicted octanol–water partition coefficient (Wildman–Crippen LogP) is 2.14. The normalized spacial score (nSPS) is 10.8. The van der Waals surface area contributed by atoms with Gasteiger partial charge < -0.3 is 5.11 Å². The lowest BCUT2D eigenvalue weighted by molar-refractivity contribution is 0.269. The van der Waals surface area contributed by atoms with Crippen LogP contribution in [0.15, 0.2) is 22.9 Å². The van der Waals surface area contributed by atoms with Gasteiger partial charge in [0, 0.05) is 4.47 Å². The van der Waals surface area contributed by atoms with E-state index in [1.54, 1.807) is 10.9 Å². The largest absolute Gasteiger partial charge is 0.388 e. The molecule has 0 aliphatic rings. The SMILES string of the molecule is Cc1cc(C)c(-n2cnnc2CO)c(Br)c1. The van der Waals surface area contributed by atoms with Crippen LogP contribution in [0.2, 0.25) is 0 Å². The Kier molecular flexibility index (Phi) is 3.07. The van der Waals surface area contributed by atoms with E-state index in [9.17, 15) is 0 Å². The summed E-state index contributed by atoms with van der Waals surface area (Å²) in [6.45, 7) is 3.94. The van der Waals surface area contributed by atoms with Crippen molar-refractivity contribution < 1.29 is 5.11 Å². The molecule has 0 spiro atoms. The molecular weight excluding hydrogens is 270 g/mol. The van der Waals surface area contributed by atoms with Gasteiger partial charge in [0.2, 0.25) is 0 Å². The summed E-state index contributed by atoms with van der Waals surface area (Å²) in [5.41, 5.74) is 3.27. The third kappa shape index (κ3) is 1.88. The van der Waals surface area contributed by atoms with E-state index < -0.39 is 0 Å². The lowest BCUT2D eigenvalue weighted by Gasteiger charge is -2.12. The topological polar surface area (TPSA) is 50.9 Å². The highest BCUT2D eigenvalue weighted by molar-refractivity contribution is 9.10. The number of aromatic nitrogens is 3. The first kappa shape index (κ1) is 11.3. The number of halogens is 1. The highest BCUT2D eigenvalue weighted by atomic mass is 79.9. The maximum absolute atomic E-state index is 9.17. The minimum atomic E-state index is -0.125. The molecule has 0 saturated carbocycles. The second kappa shape index (κ2) is 4.35. The Morgan fingerprint density at radius 1 is 1.38 bits per heavy atom. The third-order valence-electron chi connectivity index (χ3n) is 2.40. The van der Waals surface area contributed by atoms with Crippen molar-refractivity contribution in [3.05, 3.63) is 39.9 Å². The van der Waals surface area contributed by atoms with E-state index in [4.69, 9.17) is 5.11 Å². The van der Waals surface area contributed by atoms with E-state index in [0.29, 0.717) is 5.82 Å². The van der Waals surface area contributed by atoms with Crippen molar-refractivity contribution in [1.82, 2.24) is 14.8 Å². The zero-order valence-corrected chi connectivity index (χ0v) is 10.7. The lowest BCUT2D eigenvalue weighted by atomic mass is 10.1. The van der Waals surface area contributed by atoms with Gasteiger partial charge in [-0.3, -0.25) is 4.57 Å². The van der Waals surface area contributed by atoms with Gasteiger partial charge in [0.25, 0.3) is 0 Å². The Morgan fingerprint density at radius 3 is 2.75 bits per heavy atom. The number of aliphatic hydroxyl groups excluding tert-OH is 1. The summed E-state index contributed by atoms with van der Waals surface area (Å²) in [6, 6.07) is 4.12. The summed E-state index contributed by atoms with van der Waals surface area (Å²) >= 11 is 3.52. The summed E-state index contributed by atoms with van der Waals surface area (Å²) in [4.78, 5) is 0. The summed E-state index contributed by atoms with van der Waals surface area (Å²) in [5, 5.41) is 16.8. The zero-order chi connectivity index (χ0) is 11.7. The Hall–Kier alpha value is -1.20. The molecule has 1 heterocycles. The van der Waals surface area contributed by atoms with Crippen molar-refractivity contribution in [2.45, 2.75) is 20.5 Å². The molecule has 0 unspecified atom stereocenters. The number of hydrogen-bond acceptors (Lipinski definition) is 3. The van der Waals surface area contributed by atoms with Crippen molar-refractivity contribution in [2.24, 2.45) is 0 Å². The van der Waals surface area contributed by atoms with Gasteiger partial charge in [-0.25, -0.2) is 0 Å². The van der Waals surface area contributed by atoms with Crippen molar-refractivity contribution >= 4 is 15.9 Å². The minimum Gasteiger partial charge on any atom is -0.388 e. The molecule has 0 radical (unpaired) electrons. The Morgan fingerprint density at radius 2 is 2.12 bits per heavy atom. The van der Waals surface area contributed by atoms with E-state index in [0.717, 1.165) is 15.7 Å². The second-order valence-electron chi connectivity index (χ2n) is 3.69. The number of nitrogens with zero attached hydrogens (tertiary/aromatic N) is 3. The van der Waals surface area contributed by atoms with Gasteiger partial charge in [-0.15, -0.1) is 10.2 Å². The van der Waals surface area contributed by atoms with Gasteiger partial charge in [0.05, 0.1) is 5.69 Å². The van der Waals surface area contributed by atoms with Crippen molar-refractivity contribution in [3.63, 3.8) is 0 Å². The van der Waals surface area contributed by atoms with Crippen LogP contribution in [0.25, 0.3) is 5.69 Å². The van der Waals surface area contributed by atoms with Crippen LogP contribution in [-0.2, 0) is 6.61 Å². The fraction of sp³-hybridized carbons (Fsp3) is 0.273.